The quantitative estimate of drug-likeness (QED) is 0.898. The highest BCUT2D eigenvalue weighted by atomic mass is 79.9. The molecule has 0 radical (unpaired) electrons. The summed E-state index contributed by atoms with van der Waals surface area (Å²) in [6.07, 6.45) is 5.24. The number of rotatable bonds is 5. The second-order valence-corrected chi connectivity index (χ2v) is 5.58. The lowest BCUT2D eigenvalue weighted by molar-refractivity contribution is 0.389. The van der Waals surface area contributed by atoms with Crippen molar-refractivity contribution in [1.29, 1.82) is 0 Å². The maximum Gasteiger partial charge on any atom is 0.232 e. The summed E-state index contributed by atoms with van der Waals surface area (Å²) in [5, 5.41) is 3.45. The minimum Gasteiger partial charge on any atom is -0.480 e. The summed E-state index contributed by atoms with van der Waals surface area (Å²) in [7, 11) is 1.63. The van der Waals surface area contributed by atoms with Crippen LogP contribution in [-0.4, -0.2) is 42.8 Å². The van der Waals surface area contributed by atoms with E-state index in [0.717, 1.165) is 36.5 Å². The van der Waals surface area contributed by atoms with Crippen LogP contribution < -0.4 is 15.0 Å². The molecule has 0 aromatic carbocycles. The zero-order chi connectivity index (χ0) is 13.7. The molecule has 2 heterocycles. The van der Waals surface area contributed by atoms with Crippen LogP contribution in [0.2, 0.25) is 0 Å². The molecule has 106 valence electrons. The molecule has 19 heavy (non-hydrogen) atoms. The van der Waals surface area contributed by atoms with Gasteiger partial charge < -0.3 is 15.0 Å². The molecular weight excluding hydrogens is 308 g/mol. The Bertz CT molecular complexity index is 410. The summed E-state index contributed by atoms with van der Waals surface area (Å²) in [5.74, 6) is 1.35. The van der Waals surface area contributed by atoms with Gasteiger partial charge in [0.2, 0.25) is 11.8 Å². The van der Waals surface area contributed by atoms with Crippen LogP contribution in [-0.2, 0) is 0 Å². The van der Waals surface area contributed by atoms with Crippen molar-refractivity contribution in [2.75, 3.05) is 31.6 Å². The summed E-state index contributed by atoms with van der Waals surface area (Å²) in [6, 6.07) is 0.472. The third kappa shape index (κ3) is 3.57. The Labute approximate surface area is 122 Å². The van der Waals surface area contributed by atoms with Crippen LogP contribution in [0.3, 0.4) is 0 Å². The fraction of sp³-hybridized carbons (Fsp3) is 0.692. The fourth-order valence-electron chi connectivity index (χ4n) is 2.41. The Morgan fingerprint density at radius 3 is 3.05 bits per heavy atom. The maximum atomic E-state index is 5.26. The molecule has 1 saturated heterocycles. The van der Waals surface area contributed by atoms with Gasteiger partial charge in [-0.25, -0.2) is 4.98 Å². The van der Waals surface area contributed by atoms with Gasteiger partial charge in [-0.3, -0.25) is 0 Å². The van der Waals surface area contributed by atoms with E-state index in [2.05, 4.69) is 43.0 Å². The lowest BCUT2D eigenvalue weighted by Gasteiger charge is -2.34. The number of anilines is 1. The van der Waals surface area contributed by atoms with E-state index in [9.17, 15) is 0 Å². The number of nitrogens with one attached hydrogen (secondary N) is 1. The number of nitrogens with zero attached hydrogens (tertiary/aromatic N) is 3. The van der Waals surface area contributed by atoms with Crippen LogP contribution in [0.5, 0.6) is 5.88 Å². The highest BCUT2D eigenvalue weighted by Gasteiger charge is 2.23. The van der Waals surface area contributed by atoms with Gasteiger partial charge in [0.05, 0.1) is 17.8 Å². The summed E-state index contributed by atoms with van der Waals surface area (Å²) in [5.41, 5.74) is 0. The Kier molecular flexibility index (Phi) is 5.39. The van der Waals surface area contributed by atoms with Gasteiger partial charge in [-0.05, 0) is 41.7 Å². The van der Waals surface area contributed by atoms with E-state index in [1.807, 2.05) is 0 Å². The predicted molar refractivity (Wildman–Crippen MR) is 79.8 cm³/mol. The van der Waals surface area contributed by atoms with Crippen molar-refractivity contribution in [2.24, 2.45) is 0 Å². The summed E-state index contributed by atoms with van der Waals surface area (Å²) < 4.78 is 6.05. The van der Waals surface area contributed by atoms with Crippen LogP contribution >= 0.6 is 15.9 Å². The van der Waals surface area contributed by atoms with E-state index in [0.29, 0.717) is 11.9 Å². The molecule has 1 aliphatic heterocycles. The van der Waals surface area contributed by atoms with Gasteiger partial charge in [0.25, 0.3) is 0 Å². The first-order chi connectivity index (χ1) is 9.26. The molecule has 5 nitrogen and oxygen atoms in total. The second-order valence-electron chi connectivity index (χ2n) is 4.72. The molecule has 1 fully saturated rings. The Balaban J connectivity index is 2.22. The number of methoxy groups -OCH3 is 1. The van der Waals surface area contributed by atoms with E-state index in [1.165, 1.54) is 12.8 Å². The number of aromatic nitrogens is 2. The van der Waals surface area contributed by atoms with Gasteiger partial charge in [-0.1, -0.05) is 6.92 Å². The van der Waals surface area contributed by atoms with E-state index in [4.69, 9.17) is 4.74 Å². The number of hydrogen-bond acceptors (Lipinski definition) is 5. The first-order valence-corrected chi connectivity index (χ1v) is 7.59. The van der Waals surface area contributed by atoms with Crippen LogP contribution in [0.1, 0.15) is 26.2 Å². The summed E-state index contributed by atoms with van der Waals surface area (Å²) in [6.45, 7) is 5.26. The average molecular weight is 329 g/mol. The minimum absolute atomic E-state index is 0.472. The molecule has 1 atom stereocenters. The normalized spacial score (nSPS) is 19.2. The first kappa shape index (κ1) is 14.5. The van der Waals surface area contributed by atoms with Gasteiger partial charge in [-0.2, -0.15) is 4.98 Å². The Morgan fingerprint density at radius 2 is 2.42 bits per heavy atom. The number of ether oxygens (including phenoxy) is 1. The monoisotopic (exact) mass is 328 g/mol. The van der Waals surface area contributed by atoms with Crippen molar-refractivity contribution < 1.29 is 4.74 Å². The molecular formula is C13H21BrN4O. The van der Waals surface area contributed by atoms with Gasteiger partial charge in [-0.15, -0.1) is 0 Å². The van der Waals surface area contributed by atoms with Crippen molar-refractivity contribution >= 4 is 21.9 Å². The van der Waals surface area contributed by atoms with Crippen molar-refractivity contribution in [3.05, 3.63) is 10.7 Å². The van der Waals surface area contributed by atoms with E-state index in [1.54, 1.807) is 13.3 Å². The molecule has 0 amide bonds. The predicted octanol–water partition coefficient (Wildman–Crippen LogP) is 2.22. The van der Waals surface area contributed by atoms with Crippen LogP contribution in [0.4, 0.5) is 5.95 Å². The smallest absolute Gasteiger partial charge is 0.232 e. The van der Waals surface area contributed by atoms with Crippen molar-refractivity contribution in [1.82, 2.24) is 15.3 Å². The highest BCUT2D eigenvalue weighted by Crippen LogP contribution is 2.25. The summed E-state index contributed by atoms with van der Waals surface area (Å²) in [4.78, 5) is 11.2. The minimum atomic E-state index is 0.472. The lowest BCUT2D eigenvalue weighted by atomic mass is 10.1. The number of piperidine rings is 1. The highest BCUT2D eigenvalue weighted by molar-refractivity contribution is 9.10. The van der Waals surface area contributed by atoms with Gasteiger partial charge in [0, 0.05) is 19.1 Å². The standard InChI is InChI=1S/C13H21BrN4O/c1-3-7-18(10-5-4-6-15-8-10)13-16-9-11(14)12(17-13)19-2/h9-10,15H,3-8H2,1-2H3. The second kappa shape index (κ2) is 7.05. The van der Waals surface area contributed by atoms with Gasteiger partial charge >= 0.3 is 0 Å². The molecule has 2 rings (SSSR count). The molecule has 0 spiro atoms. The van der Waals surface area contributed by atoms with E-state index >= 15 is 0 Å². The molecule has 1 unspecified atom stereocenters. The van der Waals surface area contributed by atoms with E-state index < -0.39 is 0 Å². The largest absolute Gasteiger partial charge is 0.480 e. The lowest BCUT2D eigenvalue weighted by Crippen LogP contribution is -2.47. The molecule has 0 bridgehead atoms. The van der Waals surface area contributed by atoms with Crippen molar-refractivity contribution in [3.63, 3.8) is 0 Å². The Hall–Kier alpha value is -0.880. The van der Waals surface area contributed by atoms with Gasteiger partial charge in [0.15, 0.2) is 0 Å². The van der Waals surface area contributed by atoms with Gasteiger partial charge in [0.1, 0.15) is 0 Å². The SMILES string of the molecule is CCCN(c1ncc(Br)c(OC)n1)C1CCCNC1. The molecule has 1 aromatic heterocycles. The molecule has 1 aromatic rings. The average Bonchev–Trinajstić information content (AvgIpc) is 2.46. The third-order valence-corrected chi connectivity index (χ3v) is 3.87. The molecule has 1 N–H and O–H groups in total. The molecule has 0 aliphatic carbocycles. The summed E-state index contributed by atoms with van der Waals surface area (Å²) >= 11 is 3.39. The van der Waals surface area contributed by atoms with Crippen LogP contribution in [0.25, 0.3) is 0 Å². The zero-order valence-corrected chi connectivity index (χ0v) is 13.1. The number of halogens is 1. The molecule has 0 saturated carbocycles. The fourth-order valence-corrected chi connectivity index (χ4v) is 2.76. The van der Waals surface area contributed by atoms with E-state index in [-0.39, 0.29) is 0 Å². The van der Waals surface area contributed by atoms with Crippen molar-refractivity contribution in [3.8, 4) is 5.88 Å². The third-order valence-electron chi connectivity index (χ3n) is 3.33. The number of hydrogen-bond donors (Lipinski definition) is 1. The first-order valence-electron chi connectivity index (χ1n) is 6.80. The zero-order valence-electron chi connectivity index (χ0n) is 11.5. The maximum absolute atomic E-state index is 5.26. The van der Waals surface area contributed by atoms with Crippen LogP contribution in [0.15, 0.2) is 10.7 Å². The topological polar surface area (TPSA) is 50.3 Å². The van der Waals surface area contributed by atoms with Crippen LogP contribution in [0, 0.1) is 0 Å². The van der Waals surface area contributed by atoms with Crippen molar-refractivity contribution in [2.45, 2.75) is 32.2 Å². The molecule has 1 aliphatic rings. The molecule has 6 heteroatoms. The Morgan fingerprint density at radius 1 is 1.58 bits per heavy atom.